The van der Waals surface area contributed by atoms with E-state index in [4.69, 9.17) is 16.3 Å². The van der Waals surface area contributed by atoms with Gasteiger partial charge in [-0.25, -0.2) is 13.1 Å². The van der Waals surface area contributed by atoms with E-state index in [1.807, 2.05) is 0 Å². The Kier molecular flexibility index (Phi) is 5.02. The van der Waals surface area contributed by atoms with E-state index in [1.54, 1.807) is 6.07 Å². The number of hydrogen-bond donors (Lipinski definition) is 2. The lowest BCUT2D eigenvalue weighted by molar-refractivity contribution is 0.157. The molecule has 7 heteroatoms. The van der Waals surface area contributed by atoms with Gasteiger partial charge in [-0.1, -0.05) is 11.6 Å². The summed E-state index contributed by atoms with van der Waals surface area (Å²) >= 11 is 5.91. The fraction of sp³-hybridized carbons (Fsp3) is 0.625. The highest BCUT2D eigenvalue weighted by Gasteiger charge is 2.39. The molecule has 1 aliphatic rings. The van der Waals surface area contributed by atoms with E-state index in [1.165, 1.54) is 19.2 Å². The summed E-state index contributed by atoms with van der Waals surface area (Å²) < 4.78 is 33.5. The largest absolute Gasteiger partial charge is 0.495 e. The van der Waals surface area contributed by atoms with Crippen molar-refractivity contribution in [2.24, 2.45) is 0 Å². The van der Waals surface area contributed by atoms with E-state index in [0.717, 1.165) is 0 Å². The molecule has 0 radical (unpaired) electrons. The van der Waals surface area contributed by atoms with Crippen LogP contribution in [0.15, 0.2) is 23.1 Å². The van der Waals surface area contributed by atoms with Gasteiger partial charge in [0.25, 0.3) is 0 Å². The second kappa shape index (κ2) is 6.24. The number of piperidine rings is 1. The number of benzene rings is 1. The molecule has 1 aromatic carbocycles. The highest BCUT2D eigenvalue weighted by atomic mass is 35.5. The van der Waals surface area contributed by atoms with Crippen LogP contribution in [0.3, 0.4) is 0 Å². The summed E-state index contributed by atoms with van der Waals surface area (Å²) in [5, 5.41) is 3.98. The van der Waals surface area contributed by atoms with Crippen molar-refractivity contribution < 1.29 is 13.2 Å². The fourth-order valence-electron chi connectivity index (χ4n) is 3.55. The molecule has 0 aliphatic carbocycles. The number of rotatable bonds is 4. The minimum Gasteiger partial charge on any atom is -0.495 e. The summed E-state index contributed by atoms with van der Waals surface area (Å²) in [5.74, 6) is 0.248. The summed E-state index contributed by atoms with van der Waals surface area (Å²) in [4.78, 5) is 0.110. The van der Waals surface area contributed by atoms with Crippen molar-refractivity contribution in [1.82, 2.24) is 10.0 Å². The number of ether oxygens (including phenoxy) is 1. The third-order valence-corrected chi connectivity index (χ3v) is 5.72. The average molecular weight is 361 g/mol. The van der Waals surface area contributed by atoms with Crippen LogP contribution in [0.1, 0.15) is 40.5 Å². The Hall–Kier alpha value is -0.820. The van der Waals surface area contributed by atoms with Crippen LogP contribution in [0.4, 0.5) is 0 Å². The maximum atomic E-state index is 12.8. The predicted molar refractivity (Wildman–Crippen MR) is 92.6 cm³/mol. The summed E-state index contributed by atoms with van der Waals surface area (Å²) in [6, 6.07) is 4.38. The number of nitrogens with one attached hydrogen (secondary N) is 2. The molecule has 0 atom stereocenters. The van der Waals surface area contributed by atoms with Crippen LogP contribution >= 0.6 is 11.6 Å². The van der Waals surface area contributed by atoms with Crippen LogP contribution in [0.5, 0.6) is 5.75 Å². The second-order valence-electron chi connectivity index (χ2n) is 7.41. The van der Waals surface area contributed by atoms with Crippen molar-refractivity contribution in [2.45, 2.75) is 62.6 Å². The Morgan fingerprint density at radius 3 is 2.30 bits per heavy atom. The van der Waals surface area contributed by atoms with E-state index in [2.05, 4.69) is 37.7 Å². The molecule has 1 fully saturated rings. The van der Waals surface area contributed by atoms with Crippen LogP contribution in [0.25, 0.3) is 0 Å². The lowest BCUT2D eigenvalue weighted by Crippen LogP contribution is -2.62. The maximum absolute atomic E-state index is 12.8. The SMILES string of the molecule is COc1cc(Cl)ccc1S(=O)(=O)NC1CC(C)(C)NC(C)(C)C1. The van der Waals surface area contributed by atoms with Crippen molar-refractivity contribution in [3.05, 3.63) is 23.2 Å². The van der Waals surface area contributed by atoms with Gasteiger partial charge in [-0.2, -0.15) is 0 Å². The van der Waals surface area contributed by atoms with Gasteiger partial charge in [0.05, 0.1) is 7.11 Å². The zero-order valence-corrected chi connectivity index (χ0v) is 15.8. The van der Waals surface area contributed by atoms with Gasteiger partial charge in [0.1, 0.15) is 10.6 Å². The van der Waals surface area contributed by atoms with Gasteiger partial charge in [-0.3, -0.25) is 0 Å². The van der Waals surface area contributed by atoms with Crippen molar-refractivity contribution in [3.63, 3.8) is 0 Å². The molecule has 0 amide bonds. The van der Waals surface area contributed by atoms with Gasteiger partial charge in [-0.15, -0.1) is 0 Å². The molecule has 0 spiro atoms. The van der Waals surface area contributed by atoms with Crippen molar-refractivity contribution in [3.8, 4) is 5.75 Å². The van der Waals surface area contributed by atoms with Gasteiger partial charge in [0, 0.05) is 28.2 Å². The summed E-state index contributed by atoms with van der Waals surface area (Å²) in [6.45, 7) is 8.33. The topological polar surface area (TPSA) is 67.4 Å². The molecule has 2 rings (SSSR count). The van der Waals surface area contributed by atoms with Crippen LogP contribution in [0, 0.1) is 0 Å². The van der Waals surface area contributed by atoms with Gasteiger partial charge >= 0.3 is 0 Å². The Balaban J connectivity index is 2.28. The van der Waals surface area contributed by atoms with Crippen LogP contribution < -0.4 is 14.8 Å². The van der Waals surface area contributed by atoms with E-state index in [9.17, 15) is 8.42 Å². The first kappa shape index (κ1) is 18.5. The van der Waals surface area contributed by atoms with Gasteiger partial charge < -0.3 is 10.1 Å². The van der Waals surface area contributed by atoms with Gasteiger partial charge in [0.2, 0.25) is 10.0 Å². The molecule has 1 saturated heterocycles. The highest BCUT2D eigenvalue weighted by molar-refractivity contribution is 7.89. The molecule has 0 unspecified atom stereocenters. The Labute approximate surface area is 143 Å². The lowest BCUT2D eigenvalue weighted by Gasteiger charge is -2.46. The standard InChI is InChI=1S/C16H25ClN2O3S/c1-15(2)9-12(10-16(3,4)19-15)18-23(20,21)14-7-6-11(17)8-13(14)22-5/h6-8,12,18-19H,9-10H2,1-5H3. The molecule has 23 heavy (non-hydrogen) atoms. The first-order valence-corrected chi connectivity index (χ1v) is 9.45. The molecule has 1 aromatic rings. The van der Waals surface area contributed by atoms with Crippen LogP contribution in [-0.4, -0.2) is 32.6 Å². The zero-order valence-electron chi connectivity index (χ0n) is 14.2. The first-order valence-electron chi connectivity index (χ1n) is 7.59. The first-order chi connectivity index (χ1) is 10.4. The van der Waals surface area contributed by atoms with Crippen LogP contribution in [0.2, 0.25) is 5.02 Å². The highest BCUT2D eigenvalue weighted by Crippen LogP contribution is 2.31. The quantitative estimate of drug-likeness (QED) is 0.866. The average Bonchev–Trinajstić information content (AvgIpc) is 2.33. The summed E-state index contributed by atoms with van der Waals surface area (Å²) in [5.41, 5.74) is -0.280. The van der Waals surface area contributed by atoms with E-state index in [-0.39, 0.29) is 27.8 Å². The molecule has 2 N–H and O–H groups in total. The number of halogens is 1. The minimum absolute atomic E-state index is 0.110. The van der Waals surface area contributed by atoms with E-state index in [0.29, 0.717) is 17.9 Å². The Morgan fingerprint density at radius 1 is 1.22 bits per heavy atom. The van der Waals surface area contributed by atoms with Crippen LogP contribution in [-0.2, 0) is 10.0 Å². The molecule has 1 heterocycles. The monoisotopic (exact) mass is 360 g/mol. The molecule has 1 aliphatic heterocycles. The maximum Gasteiger partial charge on any atom is 0.244 e. The van der Waals surface area contributed by atoms with Crippen molar-refractivity contribution in [2.75, 3.05) is 7.11 Å². The predicted octanol–water partition coefficient (Wildman–Crippen LogP) is 2.94. The fourth-order valence-corrected chi connectivity index (χ4v) is 5.10. The van der Waals surface area contributed by atoms with E-state index < -0.39 is 10.0 Å². The molecule has 130 valence electrons. The Morgan fingerprint density at radius 2 is 1.78 bits per heavy atom. The van der Waals surface area contributed by atoms with Gasteiger partial charge in [-0.05, 0) is 52.7 Å². The zero-order chi connectivity index (χ0) is 17.5. The third kappa shape index (κ3) is 4.59. The molecule has 0 bridgehead atoms. The number of sulfonamides is 1. The van der Waals surface area contributed by atoms with E-state index >= 15 is 0 Å². The summed E-state index contributed by atoms with van der Waals surface area (Å²) in [7, 11) is -2.25. The molecule has 0 aromatic heterocycles. The smallest absolute Gasteiger partial charge is 0.244 e. The molecule has 0 saturated carbocycles. The Bertz CT molecular complexity index is 671. The molecular weight excluding hydrogens is 336 g/mol. The normalized spacial score (nSPS) is 21.1. The molecule has 5 nitrogen and oxygen atoms in total. The number of methoxy groups -OCH3 is 1. The van der Waals surface area contributed by atoms with Crippen molar-refractivity contribution in [1.29, 1.82) is 0 Å². The van der Waals surface area contributed by atoms with Crippen molar-refractivity contribution >= 4 is 21.6 Å². The lowest BCUT2D eigenvalue weighted by atomic mass is 9.80. The minimum atomic E-state index is -3.68. The molecular formula is C16H25ClN2O3S. The number of hydrogen-bond acceptors (Lipinski definition) is 4. The summed E-state index contributed by atoms with van der Waals surface area (Å²) in [6.07, 6.45) is 1.43. The second-order valence-corrected chi connectivity index (χ2v) is 9.53. The third-order valence-electron chi connectivity index (χ3n) is 3.93. The van der Waals surface area contributed by atoms with Gasteiger partial charge in [0.15, 0.2) is 0 Å².